The number of nitrogens with zero attached hydrogens (tertiary/aromatic N) is 3. The molecule has 3 heterocycles. The summed E-state index contributed by atoms with van der Waals surface area (Å²) in [5, 5.41) is 16.7. The van der Waals surface area contributed by atoms with E-state index in [9.17, 15) is 12.8 Å². The number of sulfonamides is 1. The SMILES string of the molecule is N#Cc1c[nH]c2c(NS(=O)(=O)c3cnn(CC4(F)CNC4)c3)ccc(Cl)c12. The number of aromatic nitrogens is 3. The molecule has 27 heavy (non-hydrogen) atoms. The number of anilines is 1. The molecule has 1 fully saturated rings. The van der Waals surface area contributed by atoms with Crippen molar-refractivity contribution >= 4 is 38.2 Å². The molecule has 8 nitrogen and oxygen atoms in total. The summed E-state index contributed by atoms with van der Waals surface area (Å²) in [6, 6.07) is 5.01. The van der Waals surface area contributed by atoms with Crippen molar-refractivity contribution < 1.29 is 12.8 Å². The van der Waals surface area contributed by atoms with Crippen LogP contribution in [0.4, 0.5) is 10.1 Å². The zero-order chi connectivity index (χ0) is 19.2. The summed E-state index contributed by atoms with van der Waals surface area (Å²) in [6.07, 6.45) is 3.91. The predicted molar refractivity (Wildman–Crippen MR) is 97.8 cm³/mol. The summed E-state index contributed by atoms with van der Waals surface area (Å²) in [5.41, 5.74) is -0.459. The Morgan fingerprint density at radius 1 is 1.44 bits per heavy atom. The Morgan fingerprint density at radius 2 is 2.22 bits per heavy atom. The third-order valence-corrected chi connectivity index (χ3v) is 6.03. The Labute approximate surface area is 159 Å². The minimum absolute atomic E-state index is 0.0249. The first-order chi connectivity index (χ1) is 12.8. The quantitative estimate of drug-likeness (QED) is 0.597. The standard InChI is InChI=1S/C16H14ClFN6O2S/c17-12-1-2-13(15-14(12)10(3-19)4-21-15)23-27(25,26)11-5-22-24(6-11)9-16(18)7-20-8-16/h1-2,4-6,20-21,23H,7-9H2. The third kappa shape index (κ3) is 3.14. The van der Waals surface area contributed by atoms with Crippen molar-refractivity contribution in [2.24, 2.45) is 0 Å². The molecular weight excluding hydrogens is 395 g/mol. The number of hydrogen-bond acceptors (Lipinski definition) is 5. The van der Waals surface area contributed by atoms with E-state index in [0.717, 1.165) is 0 Å². The lowest BCUT2D eigenvalue weighted by Crippen LogP contribution is -2.58. The van der Waals surface area contributed by atoms with E-state index in [2.05, 4.69) is 20.1 Å². The molecule has 4 rings (SSSR count). The largest absolute Gasteiger partial charge is 0.358 e. The van der Waals surface area contributed by atoms with Crippen molar-refractivity contribution in [1.82, 2.24) is 20.1 Å². The summed E-state index contributed by atoms with van der Waals surface area (Å²) in [5.74, 6) is 0. The zero-order valence-corrected chi connectivity index (χ0v) is 15.4. The van der Waals surface area contributed by atoms with Crippen LogP contribution in [0, 0.1) is 11.3 Å². The first kappa shape index (κ1) is 17.8. The predicted octanol–water partition coefficient (Wildman–Crippen LogP) is 2.00. The monoisotopic (exact) mass is 408 g/mol. The molecule has 1 aromatic carbocycles. The molecule has 0 spiro atoms. The van der Waals surface area contributed by atoms with Gasteiger partial charge in [0, 0.05) is 30.9 Å². The summed E-state index contributed by atoms with van der Waals surface area (Å²) in [7, 11) is -3.96. The van der Waals surface area contributed by atoms with Gasteiger partial charge in [0.15, 0.2) is 5.67 Å². The zero-order valence-electron chi connectivity index (χ0n) is 13.8. The van der Waals surface area contributed by atoms with Gasteiger partial charge < -0.3 is 10.3 Å². The highest BCUT2D eigenvalue weighted by Gasteiger charge is 2.37. The maximum Gasteiger partial charge on any atom is 0.265 e. The topological polar surface area (TPSA) is 116 Å². The Morgan fingerprint density at radius 3 is 2.89 bits per heavy atom. The Balaban J connectivity index is 1.64. The molecule has 0 amide bonds. The molecule has 0 radical (unpaired) electrons. The van der Waals surface area contributed by atoms with Crippen LogP contribution >= 0.6 is 11.6 Å². The second-order valence-electron chi connectivity index (χ2n) is 6.39. The van der Waals surface area contributed by atoms with Gasteiger partial charge in [-0.25, -0.2) is 12.8 Å². The minimum atomic E-state index is -3.96. The fourth-order valence-corrected chi connectivity index (χ4v) is 4.24. The number of benzene rings is 1. The second kappa shape index (κ2) is 6.23. The van der Waals surface area contributed by atoms with Crippen molar-refractivity contribution in [2.75, 3.05) is 17.8 Å². The first-order valence-electron chi connectivity index (χ1n) is 7.96. The van der Waals surface area contributed by atoms with Gasteiger partial charge in [0.2, 0.25) is 0 Å². The average molecular weight is 409 g/mol. The fourth-order valence-electron chi connectivity index (χ4n) is 2.95. The minimum Gasteiger partial charge on any atom is -0.358 e. The van der Waals surface area contributed by atoms with Crippen LogP contribution < -0.4 is 10.0 Å². The molecule has 0 aliphatic carbocycles. The lowest BCUT2D eigenvalue weighted by molar-refractivity contribution is 0.0661. The van der Waals surface area contributed by atoms with Gasteiger partial charge in [0.25, 0.3) is 10.0 Å². The van der Waals surface area contributed by atoms with E-state index in [-0.39, 0.29) is 30.2 Å². The average Bonchev–Trinajstić information content (AvgIpc) is 3.23. The lowest BCUT2D eigenvalue weighted by atomic mass is 10.00. The summed E-state index contributed by atoms with van der Waals surface area (Å²) < 4.78 is 43.3. The number of rotatable bonds is 5. The molecule has 1 aliphatic heterocycles. The molecular formula is C16H14ClFN6O2S. The van der Waals surface area contributed by atoms with Crippen LogP contribution in [0.5, 0.6) is 0 Å². The van der Waals surface area contributed by atoms with Gasteiger partial charge in [-0.05, 0) is 12.1 Å². The van der Waals surface area contributed by atoms with Crippen LogP contribution in [-0.4, -0.2) is 41.9 Å². The highest BCUT2D eigenvalue weighted by Crippen LogP contribution is 2.33. The second-order valence-corrected chi connectivity index (χ2v) is 8.48. The van der Waals surface area contributed by atoms with Gasteiger partial charge in [0.1, 0.15) is 11.0 Å². The van der Waals surface area contributed by atoms with Crippen molar-refractivity contribution in [3.63, 3.8) is 0 Å². The van der Waals surface area contributed by atoms with Gasteiger partial charge >= 0.3 is 0 Å². The molecule has 140 valence electrons. The Kier molecular flexibility index (Phi) is 4.10. The summed E-state index contributed by atoms with van der Waals surface area (Å²) in [6.45, 7) is 0.400. The number of halogens is 2. The van der Waals surface area contributed by atoms with E-state index in [1.807, 2.05) is 6.07 Å². The van der Waals surface area contributed by atoms with Crippen LogP contribution in [0.1, 0.15) is 5.56 Å². The highest BCUT2D eigenvalue weighted by molar-refractivity contribution is 7.92. The van der Waals surface area contributed by atoms with Crippen LogP contribution in [0.2, 0.25) is 5.02 Å². The molecule has 3 aromatic rings. The molecule has 0 saturated carbocycles. The summed E-state index contributed by atoms with van der Waals surface area (Å²) >= 11 is 6.12. The molecule has 0 atom stereocenters. The molecule has 2 aromatic heterocycles. The number of nitrogens with one attached hydrogen (secondary N) is 3. The smallest absolute Gasteiger partial charge is 0.265 e. The number of H-pyrrole nitrogens is 1. The number of fused-ring (bicyclic) bond motifs is 1. The molecule has 0 bridgehead atoms. The number of alkyl halides is 1. The van der Waals surface area contributed by atoms with Gasteiger partial charge in [-0.1, -0.05) is 11.6 Å². The Bertz CT molecular complexity index is 1180. The van der Waals surface area contributed by atoms with Crippen molar-refractivity contribution in [3.05, 3.63) is 41.3 Å². The summed E-state index contributed by atoms with van der Waals surface area (Å²) in [4.78, 5) is 2.77. The lowest BCUT2D eigenvalue weighted by Gasteiger charge is -2.34. The Hall–Kier alpha value is -2.61. The molecule has 3 N–H and O–H groups in total. The first-order valence-corrected chi connectivity index (χ1v) is 9.82. The van der Waals surface area contributed by atoms with Crippen molar-refractivity contribution in [3.8, 4) is 6.07 Å². The molecule has 0 unspecified atom stereocenters. The van der Waals surface area contributed by atoms with Crippen molar-refractivity contribution in [1.29, 1.82) is 5.26 Å². The molecule has 1 aliphatic rings. The van der Waals surface area contributed by atoms with Crippen LogP contribution in [0.25, 0.3) is 10.9 Å². The van der Waals surface area contributed by atoms with Gasteiger partial charge in [-0.15, -0.1) is 0 Å². The number of nitriles is 1. The van der Waals surface area contributed by atoms with Crippen molar-refractivity contribution in [2.45, 2.75) is 17.1 Å². The molecule has 11 heteroatoms. The molecule has 1 saturated heterocycles. The van der Waals surface area contributed by atoms with Gasteiger partial charge in [0.05, 0.1) is 34.5 Å². The van der Waals surface area contributed by atoms with E-state index < -0.39 is 15.7 Å². The van der Waals surface area contributed by atoms with Crippen LogP contribution in [0.3, 0.4) is 0 Å². The van der Waals surface area contributed by atoms with Gasteiger partial charge in [-0.2, -0.15) is 10.4 Å². The maximum atomic E-state index is 14.2. The maximum absolute atomic E-state index is 14.2. The van der Waals surface area contributed by atoms with Gasteiger partial charge in [-0.3, -0.25) is 9.40 Å². The number of hydrogen-bond donors (Lipinski definition) is 3. The number of aromatic amines is 1. The third-order valence-electron chi connectivity index (χ3n) is 4.40. The van der Waals surface area contributed by atoms with E-state index in [1.165, 1.54) is 35.4 Å². The fraction of sp³-hybridized carbons (Fsp3) is 0.250. The highest BCUT2D eigenvalue weighted by atomic mass is 35.5. The normalized spacial score (nSPS) is 16.0. The van der Waals surface area contributed by atoms with E-state index >= 15 is 0 Å². The van der Waals surface area contributed by atoms with Crippen LogP contribution in [0.15, 0.2) is 35.6 Å². The van der Waals surface area contributed by atoms with E-state index in [0.29, 0.717) is 21.5 Å². The van der Waals surface area contributed by atoms with Crippen LogP contribution in [-0.2, 0) is 16.6 Å². The van der Waals surface area contributed by atoms with E-state index in [4.69, 9.17) is 16.9 Å². The van der Waals surface area contributed by atoms with E-state index in [1.54, 1.807) is 0 Å².